The number of aromatic carboxylic acids is 1. The molecule has 114 valence electrons. The maximum absolute atomic E-state index is 12.8. The zero-order valence-electron chi connectivity index (χ0n) is 11.2. The minimum Gasteiger partial charge on any atom is -0.475 e. The Morgan fingerprint density at radius 3 is 2.52 bits per heavy atom. The van der Waals surface area contributed by atoms with Gasteiger partial charge in [0.05, 0.1) is 5.69 Å². The molecule has 0 spiro atoms. The minimum absolute atomic E-state index is 0.215. The van der Waals surface area contributed by atoms with E-state index in [2.05, 4.69) is 10.1 Å². The van der Waals surface area contributed by atoms with Gasteiger partial charge in [-0.05, 0) is 19.4 Å². The van der Waals surface area contributed by atoms with Crippen LogP contribution >= 0.6 is 0 Å². The highest BCUT2D eigenvalue weighted by molar-refractivity contribution is 5.86. The highest BCUT2D eigenvalue weighted by atomic mass is 19.4. The molecular formula is C12H12F3N3O3. The van der Waals surface area contributed by atoms with Crippen molar-refractivity contribution in [1.82, 2.24) is 14.8 Å². The number of nitrogens with zero attached hydrogens (tertiary/aromatic N) is 3. The lowest BCUT2D eigenvalue weighted by molar-refractivity contribution is -0.141. The third-order valence-electron chi connectivity index (χ3n) is 2.80. The Morgan fingerprint density at radius 2 is 2.10 bits per heavy atom. The van der Waals surface area contributed by atoms with Crippen molar-refractivity contribution in [3.63, 3.8) is 0 Å². The largest absolute Gasteiger partial charge is 0.475 e. The number of aryl methyl sites for hydroxylation is 2. The molecule has 0 aromatic carbocycles. The van der Waals surface area contributed by atoms with Crippen molar-refractivity contribution >= 4 is 5.97 Å². The number of rotatable bonds is 4. The Hall–Kier alpha value is -2.32. The second-order valence-corrected chi connectivity index (χ2v) is 4.19. The van der Waals surface area contributed by atoms with Gasteiger partial charge in [-0.1, -0.05) is 6.92 Å². The lowest BCUT2D eigenvalue weighted by Gasteiger charge is -2.01. The van der Waals surface area contributed by atoms with Gasteiger partial charge in [-0.3, -0.25) is 4.68 Å². The van der Waals surface area contributed by atoms with Crippen molar-refractivity contribution in [2.75, 3.05) is 0 Å². The van der Waals surface area contributed by atoms with E-state index in [0.29, 0.717) is 18.7 Å². The van der Waals surface area contributed by atoms with Crippen molar-refractivity contribution in [2.24, 2.45) is 0 Å². The van der Waals surface area contributed by atoms with Crippen LogP contribution in [0.2, 0.25) is 0 Å². The average molecular weight is 303 g/mol. The van der Waals surface area contributed by atoms with E-state index in [4.69, 9.17) is 9.52 Å². The fraction of sp³-hybridized carbons (Fsp3) is 0.417. The summed E-state index contributed by atoms with van der Waals surface area (Å²) in [6, 6.07) is 1.53. The van der Waals surface area contributed by atoms with Crippen molar-refractivity contribution in [3.8, 4) is 11.6 Å². The van der Waals surface area contributed by atoms with Gasteiger partial charge >= 0.3 is 12.1 Å². The van der Waals surface area contributed by atoms with Crippen LogP contribution in [0.3, 0.4) is 0 Å². The molecule has 0 atom stereocenters. The van der Waals surface area contributed by atoms with Crippen LogP contribution in [0.25, 0.3) is 11.6 Å². The summed E-state index contributed by atoms with van der Waals surface area (Å²) < 4.78 is 44.6. The van der Waals surface area contributed by atoms with Crippen molar-refractivity contribution in [2.45, 2.75) is 33.0 Å². The second kappa shape index (κ2) is 5.23. The summed E-state index contributed by atoms with van der Waals surface area (Å²) >= 11 is 0. The Bertz CT molecular complexity index is 673. The predicted molar refractivity (Wildman–Crippen MR) is 64.7 cm³/mol. The monoisotopic (exact) mass is 303 g/mol. The number of hydrogen-bond donors (Lipinski definition) is 1. The smallest absolute Gasteiger partial charge is 0.437 e. The normalized spacial score (nSPS) is 11.9. The average Bonchev–Trinajstić information content (AvgIpc) is 3.01. The Balaban J connectivity index is 2.60. The number of carbonyl (C=O) groups is 1. The Labute approximate surface area is 117 Å². The summed E-state index contributed by atoms with van der Waals surface area (Å²) in [5.74, 6) is -3.45. The zero-order chi connectivity index (χ0) is 15.8. The molecule has 2 rings (SSSR count). The topological polar surface area (TPSA) is 81.1 Å². The van der Waals surface area contributed by atoms with Gasteiger partial charge in [0.2, 0.25) is 11.7 Å². The molecule has 2 aromatic rings. The number of carboxylic acids is 1. The molecular weight excluding hydrogens is 291 g/mol. The molecule has 0 fully saturated rings. The number of aromatic nitrogens is 3. The first-order valence-electron chi connectivity index (χ1n) is 6.16. The van der Waals surface area contributed by atoms with Gasteiger partial charge < -0.3 is 9.52 Å². The number of oxazole rings is 1. The van der Waals surface area contributed by atoms with Crippen LogP contribution in [-0.4, -0.2) is 25.8 Å². The standard InChI is InChI=1S/C12H12F3N3O3/c1-3-6-5-7(18(4-2)17-6)10-16-9(12(13,14)15)8(21-10)11(19)20/h5H,3-4H2,1-2H3,(H,19,20). The summed E-state index contributed by atoms with van der Waals surface area (Å²) in [5, 5.41) is 13.0. The number of hydrogen-bond acceptors (Lipinski definition) is 4. The van der Waals surface area contributed by atoms with Gasteiger partial charge in [0.15, 0.2) is 5.69 Å². The van der Waals surface area contributed by atoms with E-state index in [-0.39, 0.29) is 5.69 Å². The van der Waals surface area contributed by atoms with Crippen LogP contribution in [0.1, 0.15) is 35.8 Å². The van der Waals surface area contributed by atoms with Gasteiger partial charge in [0, 0.05) is 6.54 Å². The summed E-state index contributed by atoms with van der Waals surface area (Å²) in [6.45, 7) is 3.98. The van der Waals surface area contributed by atoms with Crippen LogP contribution < -0.4 is 0 Å². The molecule has 2 heterocycles. The van der Waals surface area contributed by atoms with Gasteiger partial charge in [0.1, 0.15) is 5.69 Å². The van der Waals surface area contributed by atoms with E-state index in [0.717, 1.165) is 0 Å². The molecule has 0 unspecified atom stereocenters. The molecule has 0 amide bonds. The van der Waals surface area contributed by atoms with E-state index in [1.807, 2.05) is 6.92 Å². The van der Waals surface area contributed by atoms with E-state index < -0.39 is 29.5 Å². The van der Waals surface area contributed by atoms with E-state index in [9.17, 15) is 18.0 Å². The third-order valence-corrected chi connectivity index (χ3v) is 2.80. The van der Waals surface area contributed by atoms with Crippen LogP contribution in [0.15, 0.2) is 10.5 Å². The molecule has 0 aliphatic heterocycles. The summed E-state index contributed by atoms with van der Waals surface area (Å²) in [4.78, 5) is 14.2. The van der Waals surface area contributed by atoms with Crippen LogP contribution in [0.5, 0.6) is 0 Å². The van der Waals surface area contributed by atoms with Crippen molar-refractivity contribution in [3.05, 3.63) is 23.2 Å². The first kappa shape index (κ1) is 15.1. The van der Waals surface area contributed by atoms with Crippen LogP contribution in [0, 0.1) is 0 Å². The maximum Gasteiger partial charge on any atom is 0.437 e. The van der Waals surface area contributed by atoms with Crippen molar-refractivity contribution < 1.29 is 27.5 Å². The summed E-state index contributed by atoms with van der Waals surface area (Å²) in [6.07, 6.45) is -4.32. The van der Waals surface area contributed by atoms with Crippen LogP contribution in [0.4, 0.5) is 13.2 Å². The molecule has 0 radical (unpaired) electrons. The molecule has 0 saturated carbocycles. The molecule has 0 bridgehead atoms. The quantitative estimate of drug-likeness (QED) is 0.939. The van der Waals surface area contributed by atoms with Gasteiger partial charge in [-0.2, -0.15) is 18.3 Å². The number of carboxylic acid groups (broad SMARTS) is 1. The number of halogens is 3. The first-order chi connectivity index (χ1) is 9.77. The second-order valence-electron chi connectivity index (χ2n) is 4.19. The Morgan fingerprint density at radius 1 is 1.43 bits per heavy atom. The molecule has 0 aliphatic carbocycles. The lowest BCUT2D eigenvalue weighted by atomic mass is 10.3. The molecule has 6 nitrogen and oxygen atoms in total. The van der Waals surface area contributed by atoms with Crippen LogP contribution in [-0.2, 0) is 19.1 Å². The minimum atomic E-state index is -4.90. The molecule has 21 heavy (non-hydrogen) atoms. The number of alkyl halides is 3. The molecule has 0 saturated heterocycles. The lowest BCUT2D eigenvalue weighted by Crippen LogP contribution is -2.11. The fourth-order valence-corrected chi connectivity index (χ4v) is 1.82. The van der Waals surface area contributed by atoms with E-state index in [1.54, 1.807) is 6.92 Å². The molecule has 1 N–H and O–H groups in total. The van der Waals surface area contributed by atoms with E-state index >= 15 is 0 Å². The Kier molecular flexibility index (Phi) is 3.75. The molecule has 2 aromatic heterocycles. The summed E-state index contributed by atoms with van der Waals surface area (Å²) in [5.41, 5.74) is -0.685. The SMILES string of the molecule is CCc1cc(-c2nc(C(F)(F)F)c(C(=O)O)o2)n(CC)n1. The third kappa shape index (κ3) is 2.76. The maximum atomic E-state index is 12.8. The molecule has 0 aliphatic rings. The predicted octanol–water partition coefficient (Wildman–Crippen LogP) is 2.84. The molecule has 9 heteroatoms. The highest BCUT2D eigenvalue weighted by Gasteiger charge is 2.41. The van der Waals surface area contributed by atoms with Gasteiger partial charge in [-0.15, -0.1) is 0 Å². The van der Waals surface area contributed by atoms with E-state index in [1.165, 1.54) is 10.7 Å². The first-order valence-corrected chi connectivity index (χ1v) is 6.16. The van der Waals surface area contributed by atoms with Gasteiger partial charge in [0.25, 0.3) is 0 Å². The highest BCUT2D eigenvalue weighted by Crippen LogP contribution is 2.34. The zero-order valence-corrected chi connectivity index (χ0v) is 11.2. The van der Waals surface area contributed by atoms with Gasteiger partial charge in [-0.25, -0.2) is 9.78 Å². The summed E-state index contributed by atoms with van der Waals surface area (Å²) in [7, 11) is 0. The van der Waals surface area contributed by atoms with Crippen molar-refractivity contribution in [1.29, 1.82) is 0 Å². The fourth-order valence-electron chi connectivity index (χ4n) is 1.82.